The number of rotatable bonds is 2. The van der Waals surface area contributed by atoms with Crippen LogP contribution in [0.3, 0.4) is 0 Å². The number of hydrogen-bond donors (Lipinski definition) is 1. The Kier molecular flexibility index (Phi) is 4.65. The van der Waals surface area contributed by atoms with E-state index in [4.69, 9.17) is 4.74 Å². The van der Waals surface area contributed by atoms with E-state index in [0.717, 1.165) is 36.2 Å². The summed E-state index contributed by atoms with van der Waals surface area (Å²) in [6.07, 6.45) is 0.882. The Hall–Kier alpha value is -0.580. The lowest BCUT2D eigenvalue weighted by Crippen LogP contribution is -2.30. The van der Waals surface area contributed by atoms with E-state index in [-0.39, 0.29) is 6.10 Å². The van der Waals surface area contributed by atoms with Crippen molar-refractivity contribution >= 4 is 21.6 Å². The van der Waals surface area contributed by atoms with Crippen LogP contribution in [-0.4, -0.2) is 30.9 Å². The molecule has 1 fully saturated rings. The zero-order chi connectivity index (χ0) is 13.1. The minimum absolute atomic E-state index is 0.260. The first-order chi connectivity index (χ1) is 8.58. The minimum atomic E-state index is -0.429. The van der Waals surface area contributed by atoms with E-state index >= 15 is 0 Å². The molecule has 1 aromatic rings. The predicted molar refractivity (Wildman–Crippen MR) is 77.0 cm³/mol. The molecule has 4 heteroatoms. The van der Waals surface area contributed by atoms with Crippen LogP contribution in [0.5, 0.6) is 0 Å². The molecular weight excluding hydrogens is 294 g/mol. The summed E-state index contributed by atoms with van der Waals surface area (Å²) in [5.41, 5.74) is 2.11. The van der Waals surface area contributed by atoms with E-state index in [9.17, 15) is 5.11 Å². The molecule has 1 heterocycles. The van der Waals surface area contributed by atoms with E-state index in [1.165, 1.54) is 5.69 Å². The molecule has 0 bridgehead atoms. The number of nitrogens with zero attached hydrogens (tertiary/aromatic N) is 1. The monoisotopic (exact) mass is 313 g/mol. The fraction of sp³-hybridized carbons (Fsp3) is 0.571. The third kappa shape index (κ3) is 3.25. The second kappa shape index (κ2) is 6.04. The second-order valence-corrected chi connectivity index (χ2v) is 5.72. The molecule has 1 unspecified atom stereocenters. The van der Waals surface area contributed by atoms with Crippen LogP contribution in [-0.2, 0) is 4.74 Å². The maximum atomic E-state index is 9.58. The topological polar surface area (TPSA) is 32.7 Å². The van der Waals surface area contributed by atoms with Crippen LogP contribution in [0.4, 0.5) is 5.69 Å². The Morgan fingerprint density at radius 3 is 2.94 bits per heavy atom. The number of benzene rings is 1. The largest absolute Gasteiger partial charge is 0.389 e. The van der Waals surface area contributed by atoms with Crippen LogP contribution in [0.25, 0.3) is 0 Å². The van der Waals surface area contributed by atoms with Gasteiger partial charge in [0.2, 0.25) is 0 Å². The lowest BCUT2D eigenvalue weighted by molar-refractivity contribution is 0.0821. The standard InChI is InChI=1S/C14H20BrNO2/c1-10-9-16(6-3-7-18-10)14-5-4-12(11(2)17)8-13(14)15/h4-5,8,10-11,17H,3,6-7,9H2,1-2H3/t10?,11-/m1/s1. The molecule has 1 aliphatic heterocycles. The Morgan fingerprint density at radius 2 is 2.28 bits per heavy atom. The summed E-state index contributed by atoms with van der Waals surface area (Å²) in [4.78, 5) is 2.34. The Balaban J connectivity index is 2.21. The summed E-state index contributed by atoms with van der Waals surface area (Å²) in [6.45, 7) is 6.64. The normalized spacial score (nSPS) is 22.7. The zero-order valence-electron chi connectivity index (χ0n) is 10.9. The van der Waals surface area contributed by atoms with Gasteiger partial charge in [-0.3, -0.25) is 0 Å². The van der Waals surface area contributed by atoms with E-state index in [1.807, 2.05) is 12.1 Å². The molecule has 100 valence electrons. The summed E-state index contributed by atoms with van der Waals surface area (Å²) in [7, 11) is 0. The van der Waals surface area contributed by atoms with Gasteiger partial charge in [-0.1, -0.05) is 6.07 Å². The Labute approximate surface area is 117 Å². The van der Waals surface area contributed by atoms with E-state index in [0.29, 0.717) is 0 Å². The first-order valence-corrected chi connectivity index (χ1v) is 7.21. The summed E-state index contributed by atoms with van der Waals surface area (Å²) in [5.74, 6) is 0. The lowest BCUT2D eigenvalue weighted by atomic mass is 10.1. The first kappa shape index (κ1) is 13.8. The van der Waals surface area contributed by atoms with Crippen molar-refractivity contribution in [3.63, 3.8) is 0 Å². The smallest absolute Gasteiger partial charge is 0.0762 e. The van der Waals surface area contributed by atoms with Gasteiger partial charge in [0.15, 0.2) is 0 Å². The first-order valence-electron chi connectivity index (χ1n) is 6.42. The van der Waals surface area contributed by atoms with Gasteiger partial charge in [-0.15, -0.1) is 0 Å². The van der Waals surface area contributed by atoms with Crippen LogP contribution < -0.4 is 4.90 Å². The molecule has 0 amide bonds. The van der Waals surface area contributed by atoms with Gasteiger partial charge in [0.05, 0.1) is 17.9 Å². The maximum Gasteiger partial charge on any atom is 0.0762 e. The molecule has 2 rings (SSSR count). The second-order valence-electron chi connectivity index (χ2n) is 4.87. The number of anilines is 1. The average Bonchev–Trinajstić information content (AvgIpc) is 2.53. The van der Waals surface area contributed by atoms with Gasteiger partial charge in [-0.25, -0.2) is 0 Å². The highest BCUT2D eigenvalue weighted by Crippen LogP contribution is 2.30. The van der Waals surface area contributed by atoms with Gasteiger partial charge in [-0.2, -0.15) is 0 Å². The highest BCUT2D eigenvalue weighted by molar-refractivity contribution is 9.10. The molecule has 0 aliphatic carbocycles. The van der Waals surface area contributed by atoms with Crippen molar-refractivity contribution in [2.45, 2.75) is 32.5 Å². The molecule has 0 aromatic heterocycles. The zero-order valence-corrected chi connectivity index (χ0v) is 12.5. The number of halogens is 1. The fourth-order valence-corrected chi connectivity index (χ4v) is 2.90. The van der Waals surface area contributed by atoms with Crippen LogP contribution in [0.1, 0.15) is 31.9 Å². The van der Waals surface area contributed by atoms with Crippen molar-refractivity contribution in [1.82, 2.24) is 0 Å². The van der Waals surface area contributed by atoms with Crippen LogP contribution >= 0.6 is 15.9 Å². The highest BCUT2D eigenvalue weighted by Gasteiger charge is 2.17. The van der Waals surface area contributed by atoms with Crippen LogP contribution in [0.15, 0.2) is 22.7 Å². The number of aliphatic hydroxyl groups excluding tert-OH is 1. The predicted octanol–water partition coefficient (Wildman–Crippen LogP) is 3.12. The summed E-state index contributed by atoms with van der Waals surface area (Å²) < 4.78 is 6.70. The number of ether oxygens (including phenoxy) is 1. The molecule has 1 N–H and O–H groups in total. The third-order valence-electron chi connectivity index (χ3n) is 3.25. The Bertz CT molecular complexity index is 409. The van der Waals surface area contributed by atoms with Gasteiger partial charge in [0, 0.05) is 24.2 Å². The molecule has 1 saturated heterocycles. The number of aliphatic hydroxyl groups is 1. The fourth-order valence-electron chi connectivity index (χ4n) is 2.25. The van der Waals surface area contributed by atoms with Crippen molar-refractivity contribution in [3.8, 4) is 0 Å². The van der Waals surface area contributed by atoms with Gasteiger partial charge >= 0.3 is 0 Å². The molecule has 1 aromatic carbocycles. The molecule has 1 aliphatic rings. The van der Waals surface area contributed by atoms with Crippen molar-refractivity contribution in [2.75, 3.05) is 24.6 Å². The highest BCUT2D eigenvalue weighted by atomic mass is 79.9. The van der Waals surface area contributed by atoms with Crippen molar-refractivity contribution in [3.05, 3.63) is 28.2 Å². The number of hydrogen-bond acceptors (Lipinski definition) is 3. The molecule has 0 saturated carbocycles. The van der Waals surface area contributed by atoms with Gasteiger partial charge in [-0.05, 0) is 53.9 Å². The maximum absolute atomic E-state index is 9.58. The van der Waals surface area contributed by atoms with E-state index < -0.39 is 6.10 Å². The van der Waals surface area contributed by atoms with Crippen molar-refractivity contribution in [2.24, 2.45) is 0 Å². The van der Waals surface area contributed by atoms with E-state index in [1.54, 1.807) is 6.92 Å². The third-order valence-corrected chi connectivity index (χ3v) is 3.88. The minimum Gasteiger partial charge on any atom is -0.389 e. The summed E-state index contributed by atoms with van der Waals surface area (Å²) in [6, 6.07) is 6.06. The molecule has 3 nitrogen and oxygen atoms in total. The SMILES string of the molecule is CC1CN(c2ccc([C@@H](C)O)cc2Br)CCCO1. The molecule has 0 radical (unpaired) electrons. The van der Waals surface area contributed by atoms with Gasteiger partial charge < -0.3 is 14.7 Å². The van der Waals surface area contributed by atoms with Crippen molar-refractivity contribution in [1.29, 1.82) is 0 Å². The van der Waals surface area contributed by atoms with Gasteiger partial charge in [0.25, 0.3) is 0 Å². The summed E-state index contributed by atoms with van der Waals surface area (Å²) >= 11 is 3.60. The van der Waals surface area contributed by atoms with Crippen molar-refractivity contribution < 1.29 is 9.84 Å². The molecule has 2 atom stereocenters. The van der Waals surface area contributed by atoms with Crippen LogP contribution in [0.2, 0.25) is 0 Å². The average molecular weight is 314 g/mol. The Morgan fingerprint density at radius 1 is 1.50 bits per heavy atom. The summed E-state index contributed by atoms with van der Waals surface area (Å²) in [5, 5.41) is 9.58. The van der Waals surface area contributed by atoms with E-state index in [2.05, 4.69) is 33.8 Å². The molecule has 0 spiro atoms. The lowest BCUT2D eigenvalue weighted by Gasteiger charge is -2.26. The van der Waals surface area contributed by atoms with Gasteiger partial charge in [0.1, 0.15) is 0 Å². The van der Waals surface area contributed by atoms with Crippen LogP contribution in [0, 0.1) is 0 Å². The molecular formula is C14H20BrNO2. The molecule has 18 heavy (non-hydrogen) atoms. The quantitative estimate of drug-likeness (QED) is 0.910.